The van der Waals surface area contributed by atoms with Crippen LogP contribution in [0.2, 0.25) is 0 Å². The van der Waals surface area contributed by atoms with Crippen molar-refractivity contribution in [1.82, 2.24) is 9.13 Å². The topological polar surface area (TPSA) is 64.2 Å². The first-order valence-corrected chi connectivity index (χ1v) is 5.86. The van der Waals surface area contributed by atoms with Crippen LogP contribution in [0.15, 0.2) is 32.3 Å². The standard InChI is InChI=1S/C11H11BrN2O3/c1-13-8-4-2-3-7(12)9(8)10(16)14(5-6-15)11(13)17/h2-4,15H,5-6H2,1H3. The Hall–Kier alpha value is -1.40. The first kappa shape index (κ1) is 12.1. The Balaban J connectivity index is 3.02. The molecular formula is C11H11BrN2O3. The van der Waals surface area contributed by atoms with E-state index >= 15 is 0 Å². The number of fused-ring (bicyclic) bond motifs is 1. The van der Waals surface area contributed by atoms with Gasteiger partial charge in [-0.05, 0) is 28.1 Å². The summed E-state index contributed by atoms with van der Waals surface area (Å²) in [6.07, 6.45) is 0. The van der Waals surface area contributed by atoms with E-state index < -0.39 is 5.69 Å². The molecule has 0 fully saturated rings. The van der Waals surface area contributed by atoms with Gasteiger partial charge in [-0.25, -0.2) is 4.79 Å². The predicted molar refractivity (Wildman–Crippen MR) is 68.2 cm³/mol. The van der Waals surface area contributed by atoms with Gasteiger partial charge in [-0.1, -0.05) is 6.07 Å². The Bertz CT molecular complexity index is 687. The van der Waals surface area contributed by atoms with E-state index in [4.69, 9.17) is 5.11 Å². The third-order valence-electron chi connectivity index (χ3n) is 2.65. The molecule has 0 aliphatic carbocycles. The van der Waals surface area contributed by atoms with E-state index in [1.54, 1.807) is 25.2 Å². The third-order valence-corrected chi connectivity index (χ3v) is 3.31. The largest absolute Gasteiger partial charge is 0.395 e. The minimum absolute atomic E-state index is 0.00276. The first-order valence-electron chi connectivity index (χ1n) is 5.07. The van der Waals surface area contributed by atoms with Crippen molar-refractivity contribution in [2.75, 3.05) is 6.61 Å². The second-order valence-corrected chi connectivity index (χ2v) is 4.51. The molecule has 1 heterocycles. The number of hydrogen-bond acceptors (Lipinski definition) is 3. The lowest BCUT2D eigenvalue weighted by Gasteiger charge is -2.10. The van der Waals surface area contributed by atoms with Crippen molar-refractivity contribution in [3.05, 3.63) is 43.5 Å². The Morgan fingerprint density at radius 3 is 2.71 bits per heavy atom. The number of rotatable bonds is 2. The molecule has 5 nitrogen and oxygen atoms in total. The van der Waals surface area contributed by atoms with Crippen molar-refractivity contribution >= 4 is 26.8 Å². The summed E-state index contributed by atoms with van der Waals surface area (Å²) in [4.78, 5) is 24.0. The summed E-state index contributed by atoms with van der Waals surface area (Å²) < 4.78 is 3.08. The summed E-state index contributed by atoms with van der Waals surface area (Å²) in [7, 11) is 1.60. The molecule has 17 heavy (non-hydrogen) atoms. The molecule has 0 unspecified atom stereocenters. The molecule has 0 spiro atoms. The van der Waals surface area contributed by atoms with Crippen LogP contribution in [0.1, 0.15) is 0 Å². The van der Waals surface area contributed by atoms with Gasteiger partial charge in [-0.2, -0.15) is 0 Å². The monoisotopic (exact) mass is 298 g/mol. The summed E-state index contributed by atoms with van der Waals surface area (Å²) >= 11 is 3.30. The lowest BCUT2D eigenvalue weighted by molar-refractivity contribution is 0.271. The minimum Gasteiger partial charge on any atom is -0.395 e. The van der Waals surface area contributed by atoms with Crippen LogP contribution in [0.25, 0.3) is 10.9 Å². The zero-order valence-corrected chi connectivity index (χ0v) is 10.8. The van der Waals surface area contributed by atoms with E-state index in [-0.39, 0.29) is 18.7 Å². The normalized spacial score (nSPS) is 11.0. The Kier molecular flexibility index (Phi) is 3.17. The van der Waals surface area contributed by atoms with E-state index in [2.05, 4.69) is 15.9 Å². The van der Waals surface area contributed by atoms with Crippen molar-refractivity contribution < 1.29 is 5.11 Å². The fraction of sp³-hybridized carbons (Fsp3) is 0.273. The van der Waals surface area contributed by atoms with Gasteiger partial charge < -0.3 is 5.11 Å². The second kappa shape index (κ2) is 4.46. The fourth-order valence-corrected chi connectivity index (χ4v) is 2.33. The maximum absolute atomic E-state index is 12.1. The number of benzene rings is 1. The molecule has 2 rings (SSSR count). The Morgan fingerprint density at radius 2 is 2.06 bits per heavy atom. The van der Waals surface area contributed by atoms with Gasteiger partial charge in [0.25, 0.3) is 5.56 Å². The van der Waals surface area contributed by atoms with Gasteiger partial charge in [0.15, 0.2) is 0 Å². The van der Waals surface area contributed by atoms with Crippen LogP contribution in [0, 0.1) is 0 Å². The van der Waals surface area contributed by atoms with E-state index in [0.29, 0.717) is 15.4 Å². The van der Waals surface area contributed by atoms with E-state index in [1.807, 2.05) is 0 Å². The number of aromatic nitrogens is 2. The number of aryl methyl sites for hydroxylation is 1. The van der Waals surface area contributed by atoms with Crippen LogP contribution in [-0.4, -0.2) is 20.8 Å². The van der Waals surface area contributed by atoms with Crippen molar-refractivity contribution in [3.8, 4) is 0 Å². The molecule has 0 atom stereocenters. The van der Waals surface area contributed by atoms with Crippen molar-refractivity contribution in [2.45, 2.75) is 6.54 Å². The quantitative estimate of drug-likeness (QED) is 0.876. The molecule has 2 aromatic rings. The number of aliphatic hydroxyl groups is 1. The highest BCUT2D eigenvalue weighted by Gasteiger charge is 2.12. The molecule has 0 bridgehead atoms. The lowest BCUT2D eigenvalue weighted by atomic mass is 10.2. The number of halogens is 1. The Morgan fingerprint density at radius 1 is 1.35 bits per heavy atom. The van der Waals surface area contributed by atoms with Gasteiger partial charge in [0.05, 0.1) is 24.1 Å². The summed E-state index contributed by atoms with van der Waals surface area (Å²) in [5.74, 6) is 0. The van der Waals surface area contributed by atoms with Gasteiger partial charge >= 0.3 is 5.69 Å². The van der Waals surface area contributed by atoms with Crippen LogP contribution in [-0.2, 0) is 13.6 Å². The van der Waals surface area contributed by atoms with E-state index in [9.17, 15) is 9.59 Å². The van der Waals surface area contributed by atoms with Crippen LogP contribution in [0.3, 0.4) is 0 Å². The van der Waals surface area contributed by atoms with Gasteiger partial charge in [0, 0.05) is 11.5 Å². The summed E-state index contributed by atoms with van der Waals surface area (Å²) in [5.41, 5.74) is -0.233. The van der Waals surface area contributed by atoms with Crippen LogP contribution < -0.4 is 11.2 Å². The molecule has 1 aromatic heterocycles. The SMILES string of the molecule is Cn1c(=O)n(CCO)c(=O)c2c(Br)cccc21. The van der Waals surface area contributed by atoms with Gasteiger partial charge in [-0.3, -0.25) is 13.9 Å². The first-order chi connectivity index (χ1) is 8.07. The molecule has 6 heteroatoms. The van der Waals surface area contributed by atoms with Crippen molar-refractivity contribution in [3.63, 3.8) is 0 Å². The van der Waals surface area contributed by atoms with Crippen molar-refractivity contribution in [1.29, 1.82) is 0 Å². The van der Waals surface area contributed by atoms with Crippen LogP contribution in [0.4, 0.5) is 0 Å². The summed E-state index contributed by atoms with van der Waals surface area (Å²) in [5, 5.41) is 9.33. The fourth-order valence-electron chi connectivity index (χ4n) is 1.81. The molecule has 0 saturated carbocycles. The molecule has 1 aromatic carbocycles. The highest BCUT2D eigenvalue weighted by Crippen LogP contribution is 2.18. The number of aliphatic hydroxyl groups excluding tert-OH is 1. The molecule has 0 amide bonds. The molecule has 0 aliphatic rings. The molecular weight excluding hydrogens is 288 g/mol. The molecule has 0 radical (unpaired) electrons. The highest BCUT2D eigenvalue weighted by atomic mass is 79.9. The second-order valence-electron chi connectivity index (χ2n) is 3.66. The number of hydrogen-bond donors (Lipinski definition) is 1. The summed E-state index contributed by atoms with van der Waals surface area (Å²) in [6, 6.07) is 5.23. The maximum atomic E-state index is 12.1. The van der Waals surface area contributed by atoms with Gasteiger partial charge in [0.2, 0.25) is 0 Å². The Labute approximate surface area is 105 Å². The smallest absolute Gasteiger partial charge is 0.331 e. The van der Waals surface area contributed by atoms with Gasteiger partial charge in [0.1, 0.15) is 0 Å². The lowest BCUT2D eigenvalue weighted by Crippen LogP contribution is -2.39. The average Bonchev–Trinajstić information content (AvgIpc) is 2.31. The zero-order valence-electron chi connectivity index (χ0n) is 9.18. The third kappa shape index (κ3) is 1.83. The molecule has 0 aliphatic heterocycles. The molecule has 0 saturated heterocycles. The van der Waals surface area contributed by atoms with E-state index in [1.165, 1.54) is 4.57 Å². The summed E-state index contributed by atoms with van der Waals surface area (Å²) in [6.45, 7) is -0.242. The predicted octanol–water partition coefficient (Wildman–Crippen LogP) is 0.455. The minimum atomic E-state index is -0.422. The molecule has 90 valence electrons. The van der Waals surface area contributed by atoms with Crippen molar-refractivity contribution in [2.24, 2.45) is 7.05 Å². The average molecular weight is 299 g/mol. The van der Waals surface area contributed by atoms with E-state index in [0.717, 1.165) is 4.57 Å². The van der Waals surface area contributed by atoms with Gasteiger partial charge in [-0.15, -0.1) is 0 Å². The number of nitrogens with zero attached hydrogens (tertiary/aromatic N) is 2. The zero-order chi connectivity index (χ0) is 12.6. The van der Waals surface area contributed by atoms with Crippen LogP contribution >= 0.6 is 15.9 Å². The maximum Gasteiger partial charge on any atom is 0.331 e. The molecule has 1 N–H and O–H groups in total. The van der Waals surface area contributed by atoms with Crippen LogP contribution in [0.5, 0.6) is 0 Å². The highest BCUT2D eigenvalue weighted by molar-refractivity contribution is 9.10.